The molecule has 0 spiro atoms. The number of nitrogens with one attached hydrogen (secondary N) is 1. The molecule has 0 unspecified atom stereocenters. The zero-order valence-corrected chi connectivity index (χ0v) is 23.6. The Morgan fingerprint density at radius 1 is 1.17 bits per heavy atom. The van der Waals surface area contributed by atoms with Crippen LogP contribution < -0.4 is 10.1 Å². The Balaban J connectivity index is 1.06. The van der Waals surface area contributed by atoms with Crippen molar-refractivity contribution in [2.75, 3.05) is 57.1 Å². The van der Waals surface area contributed by atoms with Gasteiger partial charge in [0.1, 0.15) is 17.0 Å². The molecule has 7 rings (SSSR count). The zero-order chi connectivity index (χ0) is 28.0. The van der Waals surface area contributed by atoms with E-state index < -0.39 is 5.67 Å². The topological polar surface area (TPSA) is 92.8 Å². The number of ether oxygens (including phenoxy) is 1. The van der Waals surface area contributed by atoms with Crippen LogP contribution in [0.4, 0.5) is 10.1 Å². The van der Waals surface area contributed by atoms with Gasteiger partial charge < -0.3 is 10.1 Å². The third kappa shape index (κ3) is 5.62. The minimum atomic E-state index is -1.13. The van der Waals surface area contributed by atoms with Crippen molar-refractivity contribution < 1.29 is 13.9 Å². The van der Waals surface area contributed by atoms with Crippen molar-refractivity contribution in [2.45, 2.75) is 37.4 Å². The fourth-order valence-electron chi connectivity index (χ4n) is 6.02. The maximum Gasteiger partial charge on any atom is 0.261 e. The first-order valence-corrected chi connectivity index (χ1v) is 14.9. The molecule has 10 nitrogen and oxygen atoms in total. The highest BCUT2D eigenvalue weighted by Crippen LogP contribution is 2.36. The predicted molar refractivity (Wildman–Crippen MR) is 155 cm³/mol. The molecular weight excluding hydrogens is 547 g/mol. The first-order valence-electron chi connectivity index (χ1n) is 14.4. The fraction of sp³-hybridized carbons (Fsp3) is 0.517. The Bertz CT molecular complexity index is 1550. The smallest absolute Gasteiger partial charge is 0.261 e. The lowest BCUT2D eigenvalue weighted by Gasteiger charge is -2.47. The van der Waals surface area contributed by atoms with Gasteiger partial charge in [0, 0.05) is 75.2 Å². The summed E-state index contributed by atoms with van der Waals surface area (Å²) in [6, 6.07) is 5.86. The van der Waals surface area contributed by atoms with E-state index in [1.165, 1.54) is 19.0 Å². The summed E-state index contributed by atoms with van der Waals surface area (Å²) >= 11 is 5.79. The number of carbonyl (C=O) groups excluding carboxylic acids is 1. The van der Waals surface area contributed by atoms with E-state index in [1.54, 1.807) is 23.0 Å². The van der Waals surface area contributed by atoms with Crippen LogP contribution >= 0.6 is 11.6 Å². The van der Waals surface area contributed by atoms with Gasteiger partial charge in [0.2, 0.25) is 0 Å². The number of hydrogen-bond acceptors (Lipinski definition) is 7. The van der Waals surface area contributed by atoms with E-state index in [4.69, 9.17) is 21.4 Å². The zero-order valence-electron chi connectivity index (χ0n) is 22.9. The molecule has 41 heavy (non-hydrogen) atoms. The van der Waals surface area contributed by atoms with Gasteiger partial charge in [-0.05, 0) is 43.7 Å². The highest BCUT2D eigenvalue weighted by atomic mass is 35.5. The monoisotopic (exact) mass is 580 g/mol. The number of fused-ring (bicyclic) bond motifs is 2. The Labute approximate surface area is 242 Å². The SMILES string of the molecule is O=C(Nc1cc2cn(C3CCN(CC4(F)CN(CCCl)C4)CC3)nc2cc1OCC1CC1)c1cnn2cccnc12. The van der Waals surface area contributed by atoms with Gasteiger partial charge in [-0.3, -0.25) is 19.3 Å². The normalized spacial score (nSPS) is 20.0. The molecule has 2 saturated heterocycles. The predicted octanol–water partition coefficient (Wildman–Crippen LogP) is 4.02. The van der Waals surface area contributed by atoms with Crippen LogP contribution in [0.1, 0.15) is 42.1 Å². The number of piperidine rings is 1. The Hall–Kier alpha value is -3.28. The number of hydrogen-bond donors (Lipinski definition) is 1. The average molecular weight is 581 g/mol. The summed E-state index contributed by atoms with van der Waals surface area (Å²) in [6.07, 6.45) is 11.1. The Kier molecular flexibility index (Phi) is 7.04. The van der Waals surface area contributed by atoms with Crippen LogP contribution in [-0.4, -0.2) is 97.5 Å². The number of benzene rings is 1. The lowest BCUT2D eigenvalue weighted by molar-refractivity contribution is -0.0548. The lowest BCUT2D eigenvalue weighted by Crippen LogP contribution is -2.64. The second-order valence-corrected chi connectivity index (χ2v) is 12.1. The summed E-state index contributed by atoms with van der Waals surface area (Å²) in [6.45, 7) is 4.47. The van der Waals surface area contributed by atoms with Crippen molar-refractivity contribution in [1.82, 2.24) is 34.2 Å². The maximum absolute atomic E-state index is 15.1. The average Bonchev–Trinajstić information content (AvgIpc) is 3.53. The van der Waals surface area contributed by atoms with Crippen LogP contribution in [0.5, 0.6) is 5.75 Å². The second-order valence-electron chi connectivity index (χ2n) is 11.7. The van der Waals surface area contributed by atoms with Gasteiger partial charge in [-0.2, -0.15) is 10.2 Å². The van der Waals surface area contributed by atoms with Crippen LogP contribution in [0.2, 0.25) is 0 Å². The third-order valence-corrected chi connectivity index (χ3v) is 8.59. The van der Waals surface area contributed by atoms with Crippen LogP contribution in [0.15, 0.2) is 43.0 Å². The Morgan fingerprint density at radius 2 is 2.00 bits per heavy atom. The van der Waals surface area contributed by atoms with E-state index in [2.05, 4.69) is 25.2 Å². The van der Waals surface area contributed by atoms with Crippen molar-refractivity contribution in [1.29, 1.82) is 0 Å². The summed E-state index contributed by atoms with van der Waals surface area (Å²) in [5, 5.41) is 13.1. The number of alkyl halides is 2. The molecule has 2 aliphatic heterocycles. The molecule has 12 heteroatoms. The van der Waals surface area contributed by atoms with E-state index in [1.807, 2.05) is 23.0 Å². The van der Waals surface area contributed by atoms with E-state index >= 15 is 4.39 Å². The molecule has 216 valence electrons. The molecule has 1 N–H and O–H groups in total. The minimum Gasteiger partial charge on any atom is -0.491 e. The second kappa shape index (κ2) is 10.8. The molecule has 0 bridgehead atoms. The quantitative estimate of drug-likeness (QED) is 0.283. The molecule has 3 aromatic heterocycles. The number of aromatic nitrogens is 5. The highest BCUT2D eigenvalue weighted by molar-refractivity contribution is 6.18. The largest absolute Gasteiger partial charge is 0.491 e. The van der Waals surface area contributed by atoms with Crippen LogP contribution in [0, 0.1) is 5.92 Å². The molecule has 4 aromatic rings. The van der Waals surface area contributed by atoms with Gasteiger partial charge in [0.15, 0.2) is 5.65 Å². The molecule has 5 heterocycles. The summed E-state index contributed by atoms with van der Waals surface area (Å²) < 4.78 is 24.9. The van der Waals surface area contributed by atoms with E-state index in [0.717, 1.165) is 43.4 Å². The van der Waals surface area contributed by atoms with E-state index in [0.29, 0.717) is 60.7 Å². The Morgan fingerprint density at radius 3 is 2.78 bits per heavy atom. The number of nitrogens with zero attached hydrogens (tertiary/aromatic N) is 7. The standard InChI is InChI=1S/C29H34ClFN8O2/c30-6-11-37-18-29(31,19-37)17-36-9-4-22(5-10-36)39-15-21-12-25(26(13-24(21)35-39)41-16-20-2-3-20)34-28(40)23-14-33-38-8-1-7-32-27(23)38/h1,7-8,12-15,20,22H,2-6,9-11,16-19H2,(H,34,40). The molecule has 1 amide bonds. The number of anilines is 1. The van der Waals surface area contributed by atoms with Crippen molar-refractivity contribution in [3.05, 3.63) is 48.5 Å². The van der Waals surface area contributed by atoms with Crippen molar-refractivity contribution in [2.24, 2.45) is 5.92 Å². The molecule has 1 aromatic carbocycles. The minimum absolute atomic E-state index is 0.238. The van der Waals surface area contributed by atoms with Crippen molar-refractivity contribution in [3.63, 3.8) is 0 Å². The van der Waals surface area contributed by atoms with Gasteiger partial charge in [-0.25, -0.2) is 13.9 Å². The van der Waals surface area contributed by atoms with Gasteiger partial charge in [0.05, 0.1) is 30.0 Å². The van der Waals surface area contributed by atoms with Gasteiger partial charge in [-0.1, -0.05) is 0 Å². The molecular formula is C29H34ClFN8O2. The van der Waals surface area contributed by atoms with E-state index in [9.17, 15) is 4.79 Å². The number of likely N-dealkylation sites (tertiary alicyclic amines) is 2. The van der Waals surface area contributed by atoms with Crippen molar-refractivity contribution in [3.8, 4) is 5.75 Å². The third-order valence-electron chi connectivity index (χ3n) is 8.42. The van der Waals surface area contributed by atoms with Gasteiger partial charge >= 0.3 is 0 Å². The molecule has 3 fully saturated rings. The first kappa shape index (κ1) is 26.6. The number of halogens is 2. The van der Waals surface area contributed by atoms with Crippen molar-refractivity contribution >= 4 is 39.7 Å². The van der Waals surface area contributed by atoms with Gasteiger partial charge in [0.25, 0.3) is 5.91 Å². The summed E-state index contributed by atoms with van der Waals surface area (Å²) in [4.78, 5) is 21.9. The number of rotatable bonds is 10. The number of carbonyl (C=O) groups is 1. The highest BCUT2D eigenvalue weighted by Gasteiger charge is 2.44. The van der Waals surface area contributed by atoms with Crippen LogP contribution in [-0.2, 0) is 0 Å². The lowest BCUT2D eigenvalue weighted by atomic mass is 9.94. The molecule has 0 radical (unpaired) electrons. The van der Waals surface area contributed by atoms with Crippen LogP contribution in [0.25, 0.3) is 16.6 Å². The maximum atomic E-state index is 15.1. The molecule has 1 saturated carbocycles. The summed E-state index contributed by atoms with van der Waals surface area (Å²) in [7, 11) is 0. The molecule has 0 atom stereocenters. The molecule has 1 aliphatic carbocycles. The molecule has 3 aliphatic rings. The van der Waals surface area contributed by atoms with Crippen LogP contribution in [0.3, 0.4) is 0 Å². The first-order chi connectivity index (χ1) is 20.0. The van der Waals surface area contributed by atoms with Gasteiger partial charge in [-0.15, -0.1) is 11.6 Å². The summed E-state index contributed by atoms with van der Waals surface area (Å²) in [5.41, 5.74) is 1.19. The fourth-order valence-corrected chi connectivity index (χ4v) is 6.26. The summed E-state index contributed by atoms with van der Waals surface area (Å²) in [5.74, 6) is 1.42. The van der Waals surface area contributed by atoms with E-state index in [-0.39, 0.29) is 11.9 Å². The number of amides is 1.